The van der Waals surface area contributed by atoms with Gasteiger partial charge < -0.3 is 14.6 Å². The normalized spacial score (nSPS) is 18.5. The van der Waals surface area contributed by atoms with Crippen molar-refractivity contribution < 1.29 is 14.1 Å². The quantitative estimate of drug-likeness (QED) is 0.898. The summed E-state index contributed by atoms with van der Waals surface area (Å²) in [6, 6.07) is 9.40. The molecule has 1 aliphatic heterocycles. The number of nitrogens with one attached hydrogen (secondary N) is 1. The smallest absolute Gasteiger partial charge is 0.226 e. The number of aryl methyl sites for hydroxylation is 1. The molecule has 6 nitrogen and oxygen atoms in total. The fourth-order valence-electron chi connectivity index (χ4n) is 2.68. The molecular weight excluding hydrogens is 330 g/mol. The first-order valence-corrected chi connectivity index (χ1v) is 8.30. The van der Waals surface area contributed by atoms with Gasteiger partial charge in [-0.15, -0.1) is 0 Å². The first-order chi connectivity index (χ1) is 11.6. The molecule has 1 aromatic carbocycles. The van der Waals surface area contributed by atoms with E-state index in [1.807, 2.05) is 24.3 Å². The number of hydrogen-bond donors (Lipinski definition) is 1. The van der Waals surface area contributed by atoms with Crippen LogP contribution >= 0.6 is 11.6 Å². The van der Waals surface area contributed by atoms with Crippen LogP contribution in [0.3, 0.4) is 0 Å². The average Bonchev–Trinajstić information content (AvgIpc) is 2.99. The number of aromatic nitrogens is 1. The molecule has 1 atom stereocenters. The molecule has 2 heterocycles. The Labute approximate surface area is 145 Å². The number of morpholine rings is 1. The number of rotatable bonds is 5. The summed E-state index contributed by atoms with van der Waals surface area (Å²) in [6.07, 6.45) is 0.413. The second-order valence-corrected chi connectivity index (χ2v) is 6.27. The highest BCUT2D eigenvalue weighted by atomic mass is 35.5. The van der Waals surface area contributed by atoms with Gasteiger partial charge in [0.05, 0.1) is 12.7 Å². The number of benzene rings is 1. The van der Waals surface area contributed by atoms with Crippen molar-refractivity contribution in [3.8, 4) is 0 Å². The van der Waals surface area contributed by atoms with E-state index in [2.05, 4.69) is 15.4 Å². The van der Waals surface area contributed by atoms with E-state index in [-0.39, 0.29) is 12.0 Å². The lowest BCUT2D eigenvalue weighted by atomic mass is 10.1. The zero-order chi connectivity index (χ0) is 16.9. The van der Waals surface area contributed by atoms with Crippen LogP contribution in [0, 0.1) is 6.92 Å². The molecule has 0 saturated carbocycles. The van der Waals surface area contributed by atoms with Crippen molar-refractivity contribution in [3.63, 3.8) is 0 Å². The van der Waals surface area contributed by atoms with Gasteiger partial charge in [0.25, 0.3) is 0 Å². The maximum Gasteiger partial charge on any atom is 0.226 e. The summed E-state index contributed by atoms with van der Waals surface area (Å²) in [4.78, 5) is 14.2. The zero-order valence-corrected chi connectivity index (χ0v) is 14.3. The molecule has 1 fully saturated rings. The molecule has 2 aromatic rings. The second kappa shape index (κ2) is 7.79. The number of carbonyl (C=O) groups is 1. The van der Waals surface area contributed by atoms with Crippen molar-refractivity contribution in [1.29, 1.82) is 0 Å². The maximum absolute atomic E-state index is 12.0. The Kier molecular flexibility index (Phi) is 5.50. The van der Waals surface area contributed by atoms with E-state index in [9.17, 15) is 4.79 Å². The predicted octanol–water partition coefficient (Wildman–Crippen LogP) is 3.04. The minimum atomic E-state index is -0.0714. The van der Waals surface area contributed by atoms with E-state index >= 15 is 0 Å². The molecule has 0 spiro atoms. The first-order valence-electron chi connectivity index (χ1n) is 7.93. The standard InChI is InChI=1S/C17H20ClN3O3/c1-12-10-16(20-24-12)19-17(22)6-7-21-8-9-23-15(11-21)13-2-4-14(18)5-3-13/h2-5,10,15H,6-9,11H2,1H3,(H,19,20,22). The van der Waals surface area contributed by atoms with E-state index in [0.717, 1.165) is 18.7 Å². The molecule has 0 aliphatic carbocycles. The number of halogens is 1. The third kappa shape index (κ3) is 4.56. The van der Waals surface area contributed by atoms with Gasteiger partial charge >= 0.3 is 0 Å². The van der Waals surface area contributed by atoms with Crippen molar-refractivity contribution in [2.24, 2.45) is 0 Å². The van der Waals surface area contributed by atoms with E-state index in [1.165, 1.54) is 0 Å². The third-order valence-electron chi connectivity index (χ3n) is 3.94. The Balaban J connectivity index is 1.48. The van der Waals surface area contributed by atoms with Gasteiger partial charge in [0.1, 0.15) is 5.76 Å². The Morgan fingerprint density at radius 1 is 1.42 bits per heavy atom. The van der Waals surface area contributed by atoms with Crippen LogP contribution in [-0.2, 0) is 9.53 Å². The molecule has 0 bridgehead atoms. The van der Waals surface area contributed by atoms with Gasteiger partial charge in [-0.25, -0.2) is 0 Å². The Hall–Kier alpha value is -1.89. The van der Waals surface area contributed by atoms with Gasteiger partial charge in [-0.05, 0) is 24.6 Å². The van der Waals surface area contributed by atoms with Crippen LogP contribution in [0.5, 0.6) is 0 Å². The third-order valence-corrected chi connectivity index (χ3v) is 4.19. The van der Waals surface area contributed by atoms with Crippen LogP contribution in [0.1, 0.15) is 23.8 Å². The summed E-state index contributed by atoms with van der Waals surface area (Å²) < 4.78 is 10.8. The molecule has 24 heavy (non-hydrogen) atoms. The summed E-state index contributed by atoms with van der Waals surface area (Å²) >= 11 is 5.92. The Bertz CT molecular complexity index is 687. The van der Waals surface area contributed by atoms with Crippen molar-refractivity contribution in [1.82, 2.24) is 10.1 Å². The minimum Gasteiger partial charge on any atom is -0.371 e. The Morgan fingerprint density at radius 2 is 2.21 bits per heavy atom. The van der Waals surface area contributed by atoms with Gasteiger partial charge in [-0.2, -0.15) is 0 Å². The largest absolute Gasteiger partial charge is 0.371 e. The molecule has 1 unspecified atom stereocenters. The Morgan fingerprint density at radius 3 is 2.92 bits per heavy atom. The highest BCUT2D eigenvalue weighted by molar-refractivity contribution is 6.30. The van der Waals surface area contributed by atoms with Gasteiger partial charge in [0.15, 0.2) is 5.82 Å². The topological polar surface area (TPSA) is 67.6 Å². The number of amides is 1. The van der Waals surface area contributed by atoms with Gasteiger partial charge in [-0.3, -0.25) is 9.69 Å². The highest BCUT2D eigenvalue weighted by Crippen LogP contribution is 2.23. The lowest BCUT2D eigenvalue weighted by molar-refractivity contribution is -0.117. The summed E-state index contributed by atoms with van der Waals surface area (Å²) in [5, 5.41) is 7.21. The number of carbonyl (C=O) groups excluding carboxylic acids is 1. The molecule has 1 aromatic heterocycles. The van der Waals surface area contributed by atoms with Gasteiger partial charge in [0.2, 0.25) is 5.91 Å². The molecule has 1 saturated heterocycles. The SMILES string of the molecule is Cc1cc(NC(=O)CCN2CCOC(c3ccc(Cl)cc3)C2)no1. The fraction of sp³-hybridized carbons (Fsp3) is 0.412. The fourth-order valence-corrected chi connectivity index (χ4v) is 2.80. The van der Waals surface area contributed by atoms with E-state index in [1.54, 1.807) is 13.0 Å². The van der Waals surface area contributed by atoms with Gasteiger partial charge in [0, 0.05) is 37.1 Å². The van der Waals surface area contributed by atoms with Crippen molar-refractivity contribution in [3.05, 3.63) is 46.7 Å². The molecule has 1 aliphatic rings. The molecule has 1 N–H and O–H groups in total. The lowest BCUT2D eigenvalue weighted by Crippen LogP contribution is -2.39. The van der Waals surface area contributed by atoms with Gasteiger partial charge in [-0.1, -0.05) is 28.9 Å². The van der Waals surface area contributed by atoms with Crippen molar-refractivity contribution >= 4 is 23.3 Å². The predicted molar refractivity (Wildman–Crippen MR) is 91.1 cm³/mol. The minimum absolute atomic E-state index is 0.0114. The second-order valence-electron chi connectivity index (χ2n) is 5.83. The van der Waals surface area contributed by atoms with Crippen molar-refractivity contribution in [2.75, 3.05) is 31.6 Å². The molecule has 1 amide bonds. The highest BCUT2D eigenvalue weighted by Gasteiger charge is 2.22. The van der Waals surface area contributed by atoms with Crippen LogP contribution in [-0.4, -0.2) is 42.2 Å². The number of nitrogens with zero attached hydrogens (tertiary/aromatic N) is 2. The average molecular weight is 350 g/mol. The number of hydrogen-bond acceptors (Lipinski definition) is 5. The van der Waals surface area contributed by atoms with Crippen LogP contribution < -0.4 is 5.32 Å². The van der Waals surface area contributed by atoms with Crippen LogP contribution in [0.2, 0.25) is 5.02 Å². The number of anilines is 1. The molecule has 0 radical (unpaired) electrons. The summed E-state index contributed by atoms with van der Waals surface area (Å²) in [5.74, 6) is 1.06. The first kappa shape index (κ1) is 17.0. The summed E-state index contributed by atoms with van der Waals surface area (Å²) in [7, 11) is 0. The van der Waals surface area contributed by atoms with E-state index in [0.29, 0.717) is 36.2 Å². The summed E-state index contributed by atoms with van der Waals surface area (Å²) in [5.41, 5.74) is 1.10. The maximum atomic E-state index is 12.0. The molecule has 3 rings (SSSR count). The van der Waals surface area contributed by atoms with E-state index in [4.69, 9.17) is 20.9 Å². The zero-order valence-electron chi connectivity index (χ0n) is 13.5. The van der Waals surface area contributed by atoms with Crippen LogP contribution in [0.4, 0.5) is 5.82 Å². The van der Waals surface area contributed by atoms with E-state index < -0.39 is 0 Å². The van der Waals surface area contributed by atoms with Crippen molar-refractivity contribution in [2.45, 2.75) is 19.4 Å². The molecule has 128 valence electrons. The lowest BCUT2D eigenvalue weighted by Gasteiger charge is -2.33. The van der Waals surface area contributed by atoms with Crippen LogP contribution in [0.25, 0.3) is 0 Å². The summed E-state index contributed by atoms with van der Waals surface area (Å²) in [6.45, 7) is 4.69. The molecule has 7 heteroatoms. The van der Waals surface area contributed by atoms with Crippen LogP contribution in [0.15, 0.2) is 34.9 Å². The molecular formula is C17H20ClN3O3. The number of ether oxygens (including phenoxy) is 1. The monoisotopic (exact) mass is 349 g/mol.